The zero-order chi connectivity index (χ0) is 22.4. The number of fused-ring (bicyclic) bond motifs is 1. The lowest BCUT2D eigenvalue weighted by Gasteiger charge is -2.25. The molecule has 0 spiro atoms. The SMILES string of the molecule is Cn1ccc2cc(C(O)CNC(=O)C(=O)Nc3cc4c5c(c3)CCN5C(=O)CC4)ccc21. The van der Waals surface area contributed by atoms with Gasteiger partial charge in [0.2, 0.25) is 5.91 Å². The molecule has 1 aromatic heterocycles. The molecule has 2 aliphatic rings. The van der Waals surface area contributed by atoms with Crippen LogP contribution in [0.2, 0.25) is 0 Å². The third-order valence-electron chi connectivity index (χ3n) is 6.27. The summed E-state index contributed by atoms with van der Waals surface area (Å²) in [5, 5.41) is 16.6. The van der Waals surface area contributed by atoms with Gasteiger partial charge in [0.15, 0.2) is 0 Å². The van der Waals surface area contributed by atoms with Crippen LogP contribution in [0.25, 0.3) is 10.9 Å². The first-order valence-corrected chi connectivity index (χ1v) is 10.7. The van der Waals surface area contributed by atoms with Crippen molar-refractivity contribution >= 4 is 40.0 Å². The average molecular weight is 432 g/mol. The Morgan fingerprint density at radius 1 is 1.06 bits per heavy atom. The van der Waals surface area contributed by atoms with E-state index in [0.717, 1.165) is 34.1 Å². The third-order valence-corrected chi connectivity index (χ3v) is 6.27. The molecule has 8 heteroatoms. The molecular formula is C24H24N4O4. The first kappa shape index (κ1) is 20.3. The molecule has 0 saturated heterocycles. The lowest BCUT2D eigenvalue weighted by Crippen LogP contribution is -2.37. The second kappa shape index (κ2) is 7.80. The molecule has 2 aliphatic heterocycles. The van der Waals surface area contributed by atoms with E-state index in [4.69, 9.17) is 0 Å². The van der Waals surface area contributed by atoms with Crippen molar-refractivity contribution in [2.75, 3.05) is 23.3 Å². The quantitative estimate of drug-likeness (QED) is 0.547. The number of nitrogens with zero attached hydrogens (tertiary/aromatic N) is 2. The Kier molecular flexibility index (Phi) is 4.94. The lowest BCUT2D eigenvalue weighted by atomic mass is 9.98. The number of rotatable bonds is 4. The number of nitrogens with one attached hydrogen (secondary N) is 2. The molecule has 0 fully saturated rings. The highest BCUT2D eigenvalue weighted by Crippen LogP contribution is 2.38. The van der Waals surface area contributed by atoms with E-state index in [1.807, 2.05) is 54.2 Å². The van der Waals surface area contributed by atoms with Crippen molar-refractivity contribution in [2.45, 2.75) is 25.4 Å². The van der Waals surface area contributed by atoms with E-state index >= 15 is 0 Å². The van der Waals surface area contributed by atoms with Gasteiger partial charge in [0.1, 0.15) is 0 Å². The van der Waals surface area contributed by atoms with Gasteiger partial charge in [0.25, 0.3) is 0 Å². The number of benzene rings is 2. The van der Waals surface area contributed by atoms with Crippen LogP contribution in [0.15, 0.2) is 42.6 Å². The predicted molar refractivity (Wildman–Crippen MR) is 120 cm³/mol. The van der Waals surface area contributed by atoms with E-state index in [1.165, 1.54) is 0 Å². The molecule has 5 rings (SSSR count). The summed E-state index contributed by atoms with van der Waals surface area (Å²) >= 11 is 0. The Morgan fingerprint density at radius 3 is 2.66 bits per heavy atom. The minimum Gasteiger partial charge on any atom is -0.387 e. The van der Waals surface area contributed by atoms with E-state index in [0.29, 0.717) is 30.6 Å². The summed E-state index contributed by atoms with van der Waals surface area (Å²) in [6, 6.07) is 11.2. The molecule has 2 aromatic carbocycles. The van der Waals surface area contributed by atoms with E-state index in [-0.39, 0.29) is 12.5 Å². The first-order valence-electron chi connectivity index (χ1n) is 10.7. The molecular weight excluding hydrogens is 408 g/mol. The van der Waals surface area contributed by atoms with Crippen molar-refractivity contribution in [3.05, 3.63) is 59.3 Å². The summed E-state index contributed by atoms with van der Waals surface area (Å²) in [5.74, 6) is -1.46. The molecule has 3 amide bonds. The van der Waals surface area contributed by atoms with Gasteiger partial charge in [-0.3, -0.25) is 14.4 Å². The highest BCUT2D eigenvalue weighted by Gasteiger charge is 2.31. The molecule has 0 radical (unpaired) electrons. The lowest BCUT2D eigenvalue weighted by molar-refractivity contribution is -0.136. The van der Waals surface area contributed by atoms with Crippen molar-refractivity contribution in [1.82, 2.24) is 9.88 Å². The molecule has 3 heterocycles. The number of carbonyl (C=O) groups is 3. The first-order chi connectivity index (χ1) is 15.4. The summed E-state index contributed by atoms with van der Waals surface area (Å²) in [5.41, 5.74) is 5.25. The van der Waals surface area contributed by atoms with Gasteiger partial charge in [-0.15, -0.1) is 0 Å². The standard InChI is InChI=1S/C24H24N4O4/c1-27-8-6-14-10-15(2-4-19(14)27)20(29)13-25-23(31)24(32)26-18-11-16-3-5-21(30)28-9-7-17(12-18)22(16)28/h2,4,6,8,10-12,20,29H,3,5,7,9,13H2,1H3,(H,25,31)(H,26,32). The van der Waals surface area contributed by atoms with Crippen molar-refractivity contribution < 1.29 is 19.5 Å². The molecule has 0 saturated carbocycles. The van der Waals surface area contributed by atoms with Gasteiger partial charge in [0, 0.05) is 44.0 Å². The minimum absolute atomic E-state index is 0.0723. The number of hydrogen-bond acceptors (Lipinski definition) is 4. The Bertz CT molecular complexity index is 1260. The largest absolute Gasteiger partial charge is 0.387 e. The molecule has 3 N–H and O–H groups in total. The summed E-state index contributed by atoms with van der Waals surface area (Å²) in [6.07, 6.45) is 2.84. The van der Waals surface area contributed by atoms with Crippen molar-refractivity contribution in [3.63, 3.8) is 0 Å². The van der Waals surface area contributed by atoms with Crippen molar-refractivity contribution in [1.29, 1.82) is 0 Å². The molecule has 8 nitrogen and oxygen atoms in total. The number of aromatic nitrogens is 1. The highest BCUT2D eigenvalue weighted by molar-refractivity contribution is 6.39. The summed E-state index contributed by atoms with van der Waals surface area (Å²) < 4.78 is 1.99. The number of aliphatic hydroxyl groups excluding tert-OH is 1. The molecule has 0 bridgehead atoms. The van der Waals surface area contributed by atoms with Crippen LogP contribution in [0, 0.1) is 0 Å². The molecule has 1 atom stereocenters. The van der Waals surface area contributed by atoms with Crippen molar-refractivity contribution in [2.24, 2.45) is 7.05 Å². The van der Waals surface area contributed by atoms with Crippen LogP contribution in [0.4, 0.5) is 11.4 Å². The van der Waals surface area contributed by atoms with Crippen LogP contribution in [-0.2, 0) is 34.3 Å². The summed E-state index contributed by atoms with van der Waals surface area (Å²) in [4.78, 5) is 38.6. The van der Waals surface area contributed by atoms with Crippen LogP contribution in [0.5, 0.6) is 0 Å². The molecule has 0 aliphatic carbocycles. The Labute approximate surface area is 184 Å². The monoisotopic (exact) mass is 432 g/mol. The smallest absolute Gasteiger partial charge is 0.313 e. The fourth-order valence-corrected chi connectivity index (χ4v) is 4.61. The van der Waals surface area contributed by atoms with E-state index < -0.39 is 17.9 Å². The van der Waals surface area contributed by atoms with E-state index in [2.05, 4.69) is 10.6 Å². The van der Waals surface area contributed by atoms with E-state index in [9.17, 15) is 19.5 Å². The fourth-order valence-electron chi connectivity index (χ4n) is 4.61. The van der Waals surface area contributed by atoms with Crippen LogP contribution < -0.4 is 15.5 Å². The van der Waals surface area contributed by atoms with Gasteiger partial charge in [0.05, 0.1) is 11.8 Å². The molecule has 1 unspecified atom stereocenters. The van der Waals surface area contributed by atoms with Gasteiger partial charge >= 0.3 is 11.8 Å². The Morgan fingerprint density at radius 2 is 1.84 bits per heavy atom. The number of hydrogen-bond donors (Lipinski definition) is 3. The maximum Gasteiger partial charge on any atom is 0.313 e. The number of carbonyl (C=O) groups excluding carboxylic acids is 3. The number of aryl methyl sites for hydroxylation is 2. The van der Waals surface area contributed by atoms with Gasteiger partial charge in [-0.2, -0.15) is 0 Å². The predicted octanol–water partition coefficient (Wildman–Crippen LogP) is 1.80. The molecule has 32 heavy (non-hydrogen) atoms. The highest BCUT2D eigenvalue weighted by atomic mass is 16.3. The van der Waals surface area contributed by atoms with Gasteiger partial charge in [-0.25, -0.2) is 0 Å². The van der Waals surface area contributed by atoms with E-state index in [1.54, 1.807) is 4.90 Å². The number of aliphatic hydroxyl groups is 1. The summed E-state index contributed by atoms with van der Waals surface area (Å²) in [6.45, 7) is 0.586. The Hall–Kier alpha value is -3.65. The zero-order valence-electron chi connectivity index (χ0n) is 17.7. The van der Waals surface area contributed by atoms with Gasteiger partial charge < -0.3 is 25.2 Å². The second-order valence-electron chi connectivity index (χ2n) is 8.36. The van der Waals surface area contributed by atoms with Crippen LogP contribution in [0.3, 0.4) is 0 Å². The maximum atomic E-state index is 12.4. The second-order valence-corrected chi connectivity index (χ2v) is 8.36. The average Bonchev–Trinajstić information content (AvgIpc) is 3.38. The normalized spacial score (nSPS) is 15.6. The molecule has 3 aromatic rings. The van der Waals surface area contributed by atoms with Crippen LogP contribution in [0.1, 0.15) is 29.2 Å². The zero-order valence-corrected chi connectivity index (χ0v) is 17.7. The third kappa shape index (κ3) is 3.52. The minimum atomic E-state index is -0.927. The maximum absolute atomic E-state index is 12.4. The van der Waals surface area contributed by atoms with Gasteiger partial charge in [-0.1, -0.05) is 6.07 Å². The topological polar surface area (TPSA) is 104 Å². The van der Waals surface area contributed by atoms with Crippen LogP contribution >= 0.6 is 0 Å². The fraction of sp³-hybridized carbons (Fsp3) is 0.292. The summed E-state index contributed by atoms with van der Waals surface area (Å²) in [7, 11) is 1.95. The van der Waals surface area contributed by atoms with Crippen molar-refractivity contribution in [3.8, 4) is 0 Å². The van der Waals surface area contributed by atoms with Gasteiger partial charge in [-0.05, 0) is 65.3 Å². The molecule has 164 valence electrons. The Balaban J connectivity index is 1.22. The van der Waals surface area contributed by atoms with Crippen LogP contribution in [-0.4, -0.2) is 40.5 Å². The number of amides is 3. The number of anilines is 2.